The minimum Gasteiger partial charge on any atom is -0.465 e. The number of amides is 2. The molecule has 1 saturated carbocycles. The summed E-state index contributed by atoms with van der Waals surface area (Å²) < 4.78 is 4.64. The van der Waals surface area contributed by atoms with Crippen LogP contribution in [-0.4, -0.2) is 24.9 Å². The topological polar surface area (TPSA) is 84.5 Å². The number of rotatable bonds is 5. The Balaban J connectivity index is 1.69. The van der Waals surface area contributed by atoms with Crippen molar-refractivity contribution in [3.05, 3.63) is 58.6 Å². The van der Waals surface area contributed by atoms with Gasteiger partial charge in [0, 0.05) is 16.4 Å². The molecule has 0 aliphatic heterocycles. The Morgan fingerprint density at radius 2 is 1.63 bits per heavy atom. The summed E-state index contributed by atoms with van der Waals surface area (Å²) >= 11 is 5.98. The van der Waals surface area contributed by atoms with Crippen molar-refractivity contribution in [3.63, 3.8) is 0 Å². The van der Waals surface area contributed by atoms with Crippen molar-refractivity contribution in [2.75, 3.05) is 17.7 Å². The number of benzene rings is 2. The molecular weight excluding hydrogens is 368 g/mol. The van der Waals surface area contributed by atoms with Gasteiger partial charge in [-0.15, -0.1) is 0 Å². The van der Waals surface area contributed by atoms with Gasteiger partial charge in [0.1, 0.15) is 5.41 Å². The molecule has 1 fully saturated rings. The van der Waals surface area contributed by atoms with E-state index in [2.05, 4.69) is 15.4 Å². The van der Waals surface area contributed by atoms with Crippen LogP contribution in [0.4, 0.5) is 11.4 Å². The minimum absolute atomic E-state index is 0.350. The van der Waals surface area contributed by atoms with Crippen molar-refractivity contribution < 1.29 is 19.1 Å². The van der Waals surface area contributed by atoms with Crippen LogP contribution >= 0.6 is 11.6 Å². The Morgan fingerprint density at radius 3 is 2.22 bits per heavy atom. The Morgan fingerprint density at radius 1 is 1.00 bits per heavy atom. The molecule has 0 spiro atoms. The van der Waals surface area contributed by atoms with Crippen molar-refractivity contribution in [2.24, 2.45) is 5.41 Å². The number of esters is 1. The number of carbonyl (C=O) groups is 3. The second-order valence-corrected chi connectivity index (χ2v) is 6.95. The van der Waals surface area contributed by atoms with E-state index < -0.39 is 11.4 Å². The first-order chi connectivity index (χ1) is 12.9. The number of nitrogens with one attached hydrogen (secondary N) is 2. The van der Waals surface area contributed by atoms with Gasteiger partial charge in [-0.1, -0.05) is 17.7 Å². The zero-order chi connectivity index (χ0) is 19.6. The molecule has 2 aromatic rings. The smallest absolute Gasteiger partial charge is 0.337 e. The van der Waals surface area contributed by atoms with E-state index in [1.807, 2.05) is 6.92 Å². The predicted molar refractivity (Wildman–Crippen MR) is 103 cm³/mol. The molecule has 0 bridgehead atoms. The zero-order valence-electron chi connectivity index (χ0n) is 15.0. The van der Waals surface area contributed by atoms with Gasteiger partial charge in [-0.25, -0.2) is 4.79 Å². The first-order valence-corrected chi connectivity index (χ1v) is 8.81. The van der Waals surface area contributed by atoms with Crippen LogP contribution in [0, 0.1) is 12.3 Å². The fourth-order valence-electron chi connectivity index (χ4n) is 2.71. The molecule has 7 heteroatoms. The second-order valence-electron chi connectivity index (χ2n) is 6.52. The summed E-state index contributed by atoms with van der Waals surface area (Å²) in [6, 6.07) is 11.5. The summed E-state index contributed by atoms with van der Waals surface area (Å²) in [4.78, 5) is 36.8. The van der Waals surface area contributed by atoms with E-state index in [1.165, 1.54) is 7.11 Å². The van der Waals surface area contributed by atoms with E-state index in [9.17, 15) is 14.4 Å². The number of anilines is 2. The van der Waals surface area contributed by atoms with Gasteiger partial charge in [-0.05, 0) is 61.7 Å². The molecule has 27 heavy (non-hydrogen) atoms. The van der Waals surface area contributed by atoms with Crippen LogP contribution < -0.4 is 10.6 Å². The number of methoxy groups -OCH3 is 1. The van der Waals surface area contributed by atoms with E-state index in [-0.39, 0.29) is 11.8 Å². The standard InChI is InChI=1S/C20H19ClN2O4/c1-12-3-6-14(21)11-16(12)23-19(26)20(9-10-20)18(25)22-15-7-4-13(5-8-15)17(24)27-2/h3-8,11H,9-10H2,1-2H3,(H,22,25)(H,23,26). The van der Waals surface area contributed by atoms with E-state index in [1.54, 1.807) is 42.5 Å². The molecule has 0 atom stereocenters. The van der Waals surface area contributed by atoms with E-state index >= 15 is 0 Å². The number of carbonyl (C=O) groups excluding carboxylic acids is 3. The third kappa shape index (κ3) is 3.95. The summed E-state index contributed by atoms with van der Waals surface area (Å²) in [6.07, 6.45) is 0.953. The van der Waals surface area contributed by atoms with Crippen LogP contribution in [0.15, 0.2) is 42.5 Å². The van der Waals surface area contributed by atoms with E-state index in [0.717, 1.165) is 5.56 Å². The molecule has 0 heterocycles. The molecular formula is C20H19ClN2O4. The van der Waals surface area contributed by atoms with Crippen LogP contribution in [-0.2, 0) is 14.3 Å². The van der Waals surface area contributed by atoms with Crippen LogP contribution in [0.5, 0.6) is 0 Å². The highest BCUT2D eigenvalue weighted by molar-refractivity contribution is 6.31. The lowest BCUT2D eigenvalue weighted by Crippen LogP contribution is -2.35. The normalized spacial score (nSPS) is 14.2. The number of halogens is 1. The van der Waals surface area contributed by atoms with E-state index in [0.29, 0.717) is 34.8 Å². The molecule has 1 aliphatic carbocycles. The zero-order valence-corrected chi connectivity index (χ0v) is 15.7. The highest BCUT2D eigenvalue weighted by Crippen LogP contribution is 2.47. The van der Waals surface area contributed by atoms with Crippen LogP contribution in [0.25, 0.3) is 0 Å². The Labute approximate surface area is 161 Å². The maximum atomic E-state index is 12.7. The van der Waals surface area contributed by atoms with Gasteiger partial charge >= 0.3 is 5.97 Å². The molecule has 6 nitrogen and oxygen atoms in total. The molecule has 0 unspecified atom stereocenters. The van der Waals surface area contributed by atoms with Crippen molar-refractivity contribution in [1.82, 2.24) is 0 Å². The third-order valence-electron chi connectivity index (χ3n) is 4.63. The predicted octanol–water partition coefficient (Wildman–Crippen LogP) is 3.79. The molecule has 3 rings (SSSR count). The lowest BCUT2D eigenvalue weighted by molar-refractivity contribution is -0.131. The van der Waals surface area contributed by atoms with Crippen LogP contribution in [0.3, 0.4) is 0 Å². The fourth-order valence-corrected chi connectivity index (χ4v) is 2.88. The first-order valence-electron chi connectivity index (χ1n) is 8.43. The summed E-state index contributed by atoms with van der Waals surface area (Å²) in [7, 11) is 1.30. The highest BCUT2D eigenvalue weighted by atomic mass is 35.5. The molecule has 140 valence electrons. The molecule has 0 radical (unpaired) electrons. The van der Waals surface area contributed by atoms with Crippen LogP contribution in [0.1, 0.15) is 28.8 Å². The van der Waals surface area contributed by atoms with Gasteiger partial charge in [0.05, 0.1) is 12.7 Å². The Bertz CT molecular complexity index is 905. The highest BCUT2D eigenvalue weighted by Gasteiger charge is 2.56. The van der Waals surface area contributed by atoms with Crippen molar-refractivity contribution >= 4 is 40.8 Å². The van der Waals surface area contributed by atoms with Gasteiger partial charge in [-0.2, -0.15) is 0 Å². The number of hydrogen-bond acceptors (Lipinski definition) is 4. The van der Waals surface area contributed by atoms with Gasteiger partial charge in [-0.3, -0.25) is 9.59 Å². The first kappa shape index (κ1) is 18.9. The largest absolute Gasteiger partial charge is 0.465 e. The lowest BCUT2D eigenvalue weighted by Gasteiger charge is -2.17. The van der Waals surface area contributed by atoms with Gasteiger partial charge in [0.25, 0.3) is 0 Å². The maximum Gasteiger partial charge on any atom is 0.337 e. The maximum absolute atomic E-state index is 12.7. The van der Waals surface area contributed by atoms with E-state index in [4.69, 9.17) is 11.6 Å². The molecule has 0 aromatic heterocycles. The molecule has 2 amide bonds. The molecule has 0 saturated heterocycles. The monoisotopic (exact) mass is 386 g/mol. The average Bonchev–Trinajstić information content (AvgIpc) is 3.47. The minimum atomic E-state index is -1.09. The fraction of sp³-hybridized carbons (Fsp3) is 0.250. The summed E-state index contributed by atoms with van der Waals surface area (Å²) in [5.41, 5.74) is 1.25. The third-order valence-corrected chi connectivity index (χ3v) is 4.87. The number of hydrogen-bond donors (Lipinski definition) is 2. The van der Waals surface area contributed by atoms with Gasteiger partial charge < -0.3 is 15.4 Å². The average molecular weight is 387 g/mol. The Hall–Kier alpha value is -2.86. The molecule has 2 aromatic carbocycles. The Kier molecular flexibility index (Phi) is 5.19. The number of ether oxygens (including phenoxy) is 1. The van der Waals surface area contributed by atoms with Gasteiger partial charge in [0.2, 0.25) is 11.8 Å². The second kappa shape index (κ2) is 7.40. The van der Waals surface area contributed by atoms with Crippen molar-refractivity contribution in [2.45, 2.75) is 19.8 Å². The SMILES string of the molecule is COC(=O)c1ccc(NC(=O)C2(C(=O)Nc3cc(Cl)ccc3C)CC2)cc1. The van der Waals surface area contributed by atoms with Crippen molar-refractivity contribution in [1.29, 1.82) is 0 Å². The van der Waals surface area contributed by atoms with Crippen LogP contribution in [0.2, 0.25) is 5.02 Å². The summed E-state index contributed by atoms with van der Waals surface area (Å²) in [5.74, 6) is -1.18. The quantitative estimate of drug-likeness (QED) is 0.604. The lowest BCUT2D eigenvalue weighted by atomic mass is 10.0. The summed E-state index contributed by atoms with van der Waals surface area (Å²) in [6.45, 7) is 1.86. The summed E-state index contributed by atoms with van der Waals surface area (Å²) in [5, 5.41) is 6.06. The molecule has 2 N–H and O–H groups in total. The number of aryl methyl sites for hydroxylation is 1. The van der Waals surface area contributed by atoms with Gasteiger partial charge in [0.15, 0.2) is 0 Å². The van der Waals surface area contributed by atoms with Crippen molar-refractivity contribution in [3.8, 4) is 0 Å². The molecule has 1 aliphatic rings.